The summed E-state index contributed by atoms with van der Waals surface area (Å²) in [4.78, 5) is 74.0. The SMILES string of the molecule is CCCC[C@H](NC(=O)CNC(=O)CCCC(=O)ON1C(=O)CCC1=O)C(C)=O. The molecule has 156 valence electrons. The van der Waals surface area contributed by atoms with Crippen molar-refractivity contribution >= 4 is 35.4 Å². The third-order valence-electron chi connectivity index (χ3n) is 4.10. The third kappa shape index (κ3) is 8.28. The van der Waals surface area contributed by atoms with Gasteiger partial charge in [-0.15, -0.1) is 5.06 Å². The highest BCUT2D eigenvalue weighted by Crippen LogP contribution is 2.13. The number of carbonyl (C=O) groups is 6. The zero-order valence-corrected chi connectivity index (χ0v) is 16.2. The summed E-state index contributed by atoms with van der Waals surface area (Å²) in [6.07, 6.45) is 2.24. The first-order valence-corrected chi connectivity index (χ1v) is 9.37. The first-order valence-electron chi connectivity index (χ1n) is 9.37. The molecule has 1 atom stereocenters. The van der Waals surface area contributed by atoms with Crippen LogP contribution < -0.4 is 10.6 Å². The lowest BCUT2D eigenvalue weighted by Crippen LogP contribution is -2.44. The van der Waals surface area contributed by atoms with Crippen LogP contribution in [0.1, 0.15) is 65.2 Å². The third-order valence-corrected chi connectivity index (χ3v) is 4.10. The van der Waals surface area contributed by atoms with E-state index in [-0.39, 0.29) is 44.4 Å². The van der Waals surface area contributed by atoms with Crippen LogP contribution in [-0.4, -0.2) is 53.0 Å². The van der Waals surface area contributed by atoms with Crippen LogP contribution in [0.3, 0.4) is 0 Å². The van der Waals surface area contributed by atoms with E-state index in [4.69, 9.17) is 0 Å². The number of hydrogen-bond donors (Lipinski definition) is 2. The van der Waals surface area contributed by atoms with Crippen LogP contribution in [0, 0.1) is 0 Å². The Balaban J connectivity index is 2.22. The Hall–Kier alpha value is -2.78. The number of nitrogens with zero attached hydrogens (tertiary/aromatic N) is 1. The molecule has 0 radical (unpaired) electrons. The zero-order valence-electron chi connectivity index (χ0n) is 16.2. The van der Waals surface area contributed by atoms with Crippen LogP contribution in [0.2, 0.25) is 0 Å². The normalized spacial score (nSPS) is 14.6. The first-order chi connectivity index (χ1) is 13.2. The molecule has 2 N–H and O–H groups in total. The second-order valence-corrected chi connectivity index (χ2v) is 6.55. The molecule has 1 heterocycles. The molecule has 0 bridgehead atoms. The second kappa shape index (κ2) is 11.8. The molecule has 1 aliphatic heterocycles. The fourth-order valence-electron chi connectivity index (χ4n) is 2.50. The lowest BCUT2D eigenvalue weighted by atomic mass is 10.1. The maximum Gasteiger partial charge on any atom is 0.333 e. The lowest BCUT2D eigenvalue weighted by Gasteiger charge is -2.15. The number of ketones is 1. The average Bonchev–Trinajstić information content (AvgIpc) is 2.95. The quantitative estimate of drug-likeness (QED) is 0.447. The molecule has 0 aromatic rings. The smallest absolute Gasteiger partial charge is 0.333 e. The number of Topliss-reactive ketones (excluding diaryl/α,β-unsaturated/α-hetero) is 1. The minimum Gasteiger partial charge on any atom is -0.347 e. The van der Waals surface area contributed by atoms with E-state index in [0.29, 0.717) is 11.5 Å². The van der Waals surface area contributed by atoms with Crippen molar-refractivity contribution in [2.75, 3.05) is 6.54 Å². The molecule has 1 saturated heterocycles. The molecule has 1 rings (SSSR count). The van der Waals surface area contributed by atoms with E-state index in [1.54, 1.807) is 0 Å². The van der Waals surface area contributed by atoms with Crippen LogP contribution in [0.4, 0.5) is 0 Å². The number of amides is 4. The molecular weight excluding hydrogens is 370 g/mol. The highest BCUT2D eigenvalue weighted by molar-refractivity contribution is 6.01. The fourth-order valence-corrected chi connectivity index (χ4v) is 2.50. The summed E-state index contributed by atoms with van der Waals surface area (Å²) >= 11 is 0. The maximum atomic E-state index is 11.8. The van der Waals surface area contributed by atoms with Gasteiger partial charge in [-0.25, -0.2) is 4.79 Å². The maximum absolute atomic E-state index is 11.8. The summed E-state index contributed by atoms with van der Waals surface area (Å²) in [5.74, 6) is -2.95. The Bertz CT molecular complexity index is 617. The topological polar surface area (TPSA) is 139 Å². The van der Waals surface area contributed by atoms with Crippen molar-refractivity contribution < 1.29 is 33.6 Å². The van der Waals surface area contributed by atoms with Gasteiger partial charge in [-0.2, -0.15) is 0 Å². The van der Waals surface area contributed by atoms with Crippen molar-refractivity contribution in [3.8, 4) is 0 Å². The van der Waals surface area contributed by atoms with Gasteiger partial charge < -0.3 is 15.5 Å². The van der Waals surface area contributed by atoms with Crippen molar-refractivity contribution in [1.82, 2.24) is 15.7 Å². The van der Waals surface area contributed by atoms with Gasteiger partial charge in [0.15, 0.2) is 5.78 Å². The molecular formula is C18H27N3O7. The van der Waals surface area contributed by atoms with Crippen molar-refractivity contribution in [2.24, 2.45) is 0 Å². The van der Waals surface area contributed by atoms with Gasteiger partial charge in [0, 0.05) is 25.7 Å². The molecule has 0 aromatic heterocycles. The monoisotopic (exact) mass is 397 g/mol. The molecule has 0 saturated carbocycles. The molecule has 28 heavy (non-hydrogen) atoms. The molecule has 10 nitrogen and oxygen atoms in total. The Morgan fingerprint density at radius 3 is 2.25 bits per heavy atom. The summed E-state index contributed by atoms with van der Waals surface area (Å²) < 4.78 is 0. The fraction of sp³-hybridized carbons (Fsp3) is 0.667. The van der Waals surface area contributed by atoms with E-state index in [0.717, 1.165) is 12.8 Å². The van der Waals surface area contributed by atoms with E-state index >= 15 is 0 Å². The van der Waals surface area contributed by atoms with Crippen LogP contribution in [0.15, 0.2) is 0 Å². The van der Waals surface area contributed by atoms with Crippen LogP contribution in [0.5, 0.6) is 0 Å². The molecule has 1 aliphatic rings. The molecule has 4 amide bonds. The van der Waals surface area contributed by atoms with Crippen molar-refractivity contribution in [3.05, 3.63) is 0 Å². The predicted molar refractivity (Wildman–Crippen MR) is 96.2 cm³/mol. The Labute approximate surface area is 163 Å². The van der Waals surface area contributed by atoms with Crippen molar-refractivity contribution in [1.29, 1.82) is 0 Å². The van der Waals surface area contributed by atoms with Gasteiger partial charge in [0.25, 0.3) is 11.8 Å². The van der Waals surface area contributed by atoms with Crippen LogP contribution in [-0.2, 0) is 33.6 Å². The van der Waals surface area contributed by atoms with Crippen LogP contribution in [0.25, 0.3) is 0 Å². The Morgan fingerprint density at radius 2 is 1.68 bits per heavy atom. The van der Waals surface area contributed by atoms with Gasteiger partial charge in [0.05, 0.1) is 12.6 Å². The lowest BCUT2D eigenvalue weighted by molar-refractivity contribution is -0.197. The Morgan fingerprint density at radius 1 is 1.04 bits per heavy atom. The van der Waals surface area contributed by atoms with E-state index in [1.807, 2.05) is 6.92 Å². The van der Waals surface area contributed by atoms with Gasteiger partial charge in [-0.05, 0) is 19.8 Å². The number of nitrogens with one attached hydrogen (secondary N) is 2. The van der Waals surface area contributed by atoms with E-state index in [2.05, 4.69) is 15.5 Å². The number of carbonyl (C=O) groups excluding carboxylic acids is 6. The number of hydroxylamine groups is 2. The van der Waals surface area contributed by atoms with Crippen molar-refractivity contribution in [3.63, 3.8) is 0 Å². The summed E-state index contributed by atoms with van der Waals surface area (Å²) in [6, 6.07) is -0.560. The number of hydrogen-bond acceptors (Lipinski definition) is 7. The second-order valence-electron chi connectivity index (χ2n) is 6.55. The summed E-state index contributed by atoms with van der Waals surface area (Å²) in [6.45, 7) is 3.12. The van der Waals surface area contributed by atoms with Gasteiger partial charge in [0.2, 0.25) is 11.8 Å². The molecule has 0 spiro atoms. The van der Waals surface area contributed by atoms with Gasteiger partial charge >= 0.3 is 5.97 Å². The number of rotatable bonds is 12. The van der Waals surface area contributed by atoms with Gasteiger partial charge in [-0.3, -0.25) is 24.0 Å². The minimum atomic E-state index is -0.783. The molecule has 0 aliphatic carbocycles. The largest absolute Gasteiger partial charge is 0.347 e. The standard InChI is InChI=1S/C18H27N3O7/c1-3-4-6-13(12(2)22)20-15(24)11-19-14(23)7-5-8-18(27)28-21-16(25)9-10-17(21)26/h13H,3-11H2,1-2H3,(H,19,23)(H,20,24)/t13-/m0/s1. The molecule has 10 heteroatoms. The zero-order chi connectivity index (χ0) is 21.1. The Kier molecular flexibility index (Phi) is 9.83. The van der Waals surface area contributed by atoms with Gasteiger partial charge in [-0.1, -0.05) is 19.8 Å². The molecule has 0 unspecified atom stereocenters. The van der Waals surface area contributed by atoms with Gasteiger partial charge in [0.1, 0.15) is 0 Å². The predicted octanol–water partition coefficient (Wildman–Crippen LogP) is 0.144. The summed E-state index contributed by atoms with van der Waals surface area (Å²) in [5, 5.41) is 5.45. The van der Waals surface area contributed by atoms with Crippen molar-refractivity contribution in [2.45, 2.75) is 71.3 Å². The average molecular weight is 397 g/mol. The van der Waals surface area contributed by atoms with E-state index < -0.39 is 35.6 Å². The van der Waals surface area contributed by atoms with Crippen LogP contribution >= 0.6 is 0 Å². The van der Waals surface area contributed by atoms with E-state index in [9.17, 15) is 28.8 Å². The van der Waals surface area contributed by atoms with E-state index in [1.165, 1.54) is 6.92 Å². The minimum absolute atomic E-state index is 0.0134. The highest BCUT2D eigenvalue weighted by Gasteiger charge is 2.32. The summed E-state index contributed by atoms with van der Waals surface area (Å²) in [7, 11) is 0. The highest BCUT2D eigenvalue weighted by atomic mass is 16.7. The summed E-state index contributed by atoms with van der Waals surface area (Å²) in [5.41, 5.74) is 0. The number of imide groups is 1. The number of unbranched alkanes of at least 4 members (excludes halogenated alkanes) is 1. The molecule has 0 aromatic carbocycles. The first kappa shape index (κ1) is 23.3. The molecule has 1 fully saturated rings.